The van der Waals surface area contributed by atoms with E-state index in [1.165, 1.54) is 7.11 Å². The molecule has 0 spiro atoms. The molecule has 0 radical (unpaired) electrons. The van der Waals surface area contributed by atoms with Crippen molar-refractivity contribution in [3.8, 4) is 16.5 Å². The zero-order chi connectivity index (χ0) is 20.2. The number of benzene rings is 1. The highest BCUT2D eigenvalue weighted by Crippen LogP contribution is 2.27. The highest BCUT2D eigenvalue weighted by Gasteiger charge is 2.31. The molecule has 0 amide bonds. The van der Waals surface area contributed by atoms with E-state index in [9.17, 15) is 4.79 Å². The molecule has 6 nitrogen and oxygen atoms in total. The number of likely N-dealkylation sites (tertiary alicyclic amines) is 1. The third kappa shape index (κ3) is 4.52. The lowest BCUT2D eigenvalue weighted by Crippen LogP contribution is -2.36. The molecule has 29 heavy (non-hydrogen) atoms. The fourth-order valence-corrected chi connectivity index (χ4v) is 4.25. The number of thiophene rings is 1. The third-order valence-electron chi connectivity index (χ3n) is 5.12. The van der Waals surface area contributed by atoms with E-state index in [0.29, 0.717) is 19.0 Å². The molecule has 3 aromatic rings. The molecule has 2 aromatic heterocycles. The fourth-order valence-electron chi connectivity index (χ4n) is 3.61. The maximum absolute atomic E-state index is 12.0. The molecule has 1 aromatic carbocycles. The Labute approximate surface area is 174 Å². The van der Waals surface area contributed by atoms with Crippen LogP contribution < -0.4 is 4.74 Å². The summed E-state index contributed by atoms with van der Waals surface area (Å²) in [5, 5.41) is 2.00. The van der Waals surface area contributed by atoms with Gasteiger partial charge in [0.25, 0.3) is 0 Å². The molecule has 1 saturated heterocycles. The van der Waals surface area contributed by atoms with Crippen molar-refractivity contribution < 1.29 is 18.7 Å². The van der Waals surface area contributed by atoms with Crippen molar-refractivity contribution in [3.63, 3.8) is 0 Å². The summed E-state index contributed by atoms with van der Waals surface area (Å²) in [7, 11) is 1.45. The number of carbonyl (C=O) groups excluding carboxylic acids is 1. The van der Waals surface area contributed by atoms with Gasteiger partial charge in [-0.15, -0.1) is 11.3 Å². The molecule has 0 saturated carbocycles. The Bertz CT molecular complexity index is 967. The average molecular weight is 413 g/mol. The Kier molecular flexibility index (Phi) is 5.97. The van der Waals surface area contributed by atoms with Gasteiger partial charge in [-0.1, -0.05) is 18.2 Å². The first-order valence-corrected chi connectivity index (χ1v) is 10.6. The predicted octanol–water partition coefficient (Wildman–Crippen LogP) is 4.43. The zero-order valence-corrected chi connectivity index (χ0v) is 17.4. The number of nitrogens with zero attached hydrogens (tertiary/aromatic N) is 2. The van der Waals surface area contributed by atoms with E-state index in [4.69, 9.17) is 13.9 Å². The Morgan fingerprint density at radius 2 is 2.24 bits per heavy atom. The molecule has 7 heteroatoms. The van der Waals surface area contributed by atoms with E-state index in [-0.39, 0.29) is 12.0 Å². The van der Waals surface area contributed by atoms with Crippen LogP contribution in [0.5, 0.6) is 5.75 Å². The molecule has 0 N–H and O–H groups in total. The first-order chi connectivity index (χ1) is 14.1. The van der Waals surface area contributed by atoms with Gasteiger partial charge < -0.3 is 13.9 Å². The van der Waals surface area contributed by atoms with Gasteiger partial charge in [0, 0.05) is 6.54 Å². The fraction of sp³-hybridized carbons (Fsp3) is 0.364. The van der Waals surface area contributed by atoms with Gasteiger partial charge in [0.2, 0.25) is 5.89 Å². The van der Waals surface area contributed by atoms with E-state index in [1.54, 1.807) is 11.3 Å². The highest BCUT2D eigenvalue weighted by molar-refractivity contribution is 7.13. The van der Waals surface area contributed by atoms with Crippen LogP contribution in [0, 0.1) is 6.92 Å². The molecule has 1 aliphatic rings. The average Bonchev–Trinajstić information content (AvgIpc) is 3.47. The van der Waals surface area contributed by atoms with Gasteiger partial charge in [-0.3, -0.25) is 9.69 Å². The lowest BCUT2D eigenvalue weighted by molar-refractivity contribution is -0.146. The smallest absolute Gasteiger partial charge is 0.323 e. The van der Waals surface area contributed by atoms with Crippen LogP contribution in [0.1, 0.15) is 29.9 Å². The number of oxazole rings is 1. The minimum atomic E-state index is -0.155. The van der Waals surface area contributed by atoms with Crippen molar-refractivity contribution >= 4 is 17.3 Å². The van der Waals surface area contributed by atoms with Gasteiger partial charge in [-0.05, 0) is 55.5 Å². The SMILES string of the molecule is COC(=O)C1CCCN1Cc1cccc(OCc2nc(-c3cccs3)oc2C)c1. The second-order valence-electron chi connectivity index (χ2n) is 7.09. The number of carbonyl (C=O) groups is 1. The summed E-state index contributed by atoms with van der Waals surface area (Å²) in [4.78, 5) is 19.7. The molecular formula is C22H24N2O4S. The van der Waals surface area contributed by atoms with Crippen LogP contribution in [0.25, 0.3) is 10.8 Å². The molecule has 4 rings (SSSR count). The van der Waals surface area contributed by atoms with Gasteiger partial charge in [0.15, 0.2) is 0 Å². The summed E-state index contributed by atoms with van der Waals surface area (Å²) in [6.45, 7) is 3.84. The van der Waals surface area contributed by atoms with Crippen LogP contribution >= 0.6 is 11.3 Å². The Morgan fingerprint density at radius 3 is 3.03 bits per heavy atom. The normalized spacial score (nSPS) is 16.8. The Hall–Kier alpha value is -2.64. The van der Waals surface area contributed by atoms with Gasteiger partial charge in [-0.2, -0.15) is 0 Å². The standard InChI is InChI=1S/C22H24N2O4S/c1-15-18(23-21(28-15)20-9-5-11-29-20)14-27-17-7-3-6-16(12-17)13-24-10-4-8-19(24)22(25)26-2/h3,5-7,9,11-12,19H,4,8,10,13-14H2,1-2H3. The molecule has 152 valence electrons. The Balaban J connectivity index is 1.40. The van der Waals surface area contributed by atoms with Gasteiger partial charge in [0.1, 0.15) is 29.9 Å². The number of hydrogen-bond donors (Lipinski definition) is 0. The van der Waals surface area contributed by atoms with E-state index < -0.39 is 0 Å². The van der Waals surface area contributed by atoms with Crippen LogP contribution in [-0.4, -0.2) is 35.5 Å². The summed E-state index contributed by atoms with van der Waals surface area (Å²) >= 11 is 1.60. The molecule has 1 atom stereocenters. The van der Waals surface area contributed by atoms with E-state index in [0.717, 1.165) is 47.0 Å². The van der Waals surface area contributed by atoms with E-state index in [1.807, 2.05) is 42.6 Å². The van der Waals surface area contributed by atoms with Crippen LogP contribution in [0.3, 0.4) is 0 Å². The van der Waals surface area contributed by atoms with Crippen molar-refractivity contribution in [2.45, 2.75) is 39.0 Å². The first-order valence-electron chi connectivity index (χ1n) is 9.68. The monoisotopic (exact) mass is 412 g/mol. The van der Waals surface area contributed by atoms with Crippen LogP contribution in [-0.2, 0) is 22.7 Å². The number of aryl methyl sites for hydroxylation is 1. The molecule has 0 aliphatic carbocycles. The number of methoxy groups -OCH3 is 1. The number of esters is 1. The van der Waals surface area contributed by atoms with Crippen LogP contribution in [0.15, 0.2) is 46.2 Å². The van der Waals surface area contributed by atoms with Crippen LogP contribution in [0.4, 0.5) is 0 Å². The quantitative estimate of drug-likeness (QED) is 0.535. The minimum Gasteiger partial charge on any atom is -0.487 e. The lowest BCUT2D eigenvalue weighted by Gasteiger charge is -2.22. The van der Waals surface area contributed by atoms with Crippen molar-refractivity contribution in [2.24, 2.45) is 0 Å². The highest BCUT2D eigenvalue weighted by atomic mass is 32.1. The summed E-state index contributed by atoms with van der Waals surface area (Å²) in [5.41, 5.74) is 1.90. The lowest BCUT2D eigenvalue weighted by atomic mass is 10.1. The summed E-state index contributed by atoms with van der Waals surface area (Å²) in [5.74, 6) is 2.02. The minimum absolute atomic E-state index is 0.155. The molecule has 1 aliphatic heterocycles. The summed E-state index contributed by atoms with van der Waals surface area (Å²) in [6.07, 6.45) is 1.86. The van der Waals surface area contributed by atoms with Crippen molar-refractivity contribution in [2.75, 3.05) is 13.7 Å². The number of rotatable bonds is 7. The van der Waals surface area contributed by atoms with Gasteiger partial charge in [-0.25, -0.2) is 4.98 Å². The van der Waals surface area contributed by atoms with Gasteiger partial charge >= 0.3 is 5.97 Å². The van der Waals surface area contributed by atoms with Gasteiger partial charge in [0.05, 0.1) is 12.0 Å². The molecule has 0 bridgehead atoms. The second-order valence-corrected chi connectivity index (χ2v) is 8.03. The molecule has 3 heterocycles. The molecular weight excluding hydrogens is 388 g/mol. The summed E-state index contributed by atoms with van der Waals surface area (Å²) < 4.78 is 16.7. The number of hydrogen-bond acceptors (Lipinski definition) is 7. The maximum atomic E-state index is 12.0. The zero-order valence-electron chi connectivity index (χ0n) is 16.6. The van der Waals surface area contributed by atoms with Crippen molar-refractivity contribution in [3.05, 3.63) is 58.8 Å². The second kappa shape index (κ2) is 8.80. The topological polar surface area (TPSA) is 64.8 Å². The summed E-state index contributed by atoms with van der Waals surface area (Å²) in [6, 6.07) is 11.8. The largest absolute Gasteiger partial charge is 0.487 e. The van der Waals surface area contributed by atoms with E-state index >= 15 is 0 Å². The van der Waals surface area contributed by atoms with Crippen molar-refractivity contribution in [1.29, 1.82) is 0 Å². The van der Waals surface area contributed by atoms with Crippen LogP contribution in [0.2, 0.25) is 0 Å². The number of aromatic nitrogens is 1. The first kappa shape index (κ1) is 19.7. The molecule has 1 unspecified atom stereocenters. The number of ether oxygens (including phenoxy) is 2. The van der Waals surface area contributed by atoms with Crippen molar-refractivity contribution in [1.82, 2.24) is 9.88 Å². The maximum Gasteiger partial charge on any atom is 0.323 e. The predicted molar refractivity (Wildman–Crippen MR) is 111 cm³/mol. The van der Waals surface area contributed by atoms with E-state index in [2.05, 4.69) is 16.0 Å². The third-order valence-corrected chi connectivity index (χ3v) is 5.98. The Morgan fingerprint density at radius 1 is 1.34 bits per heavy atom. The molecule has 1 fully saturated rings.